The second-order valence-corrected chi connectivity index (χ2v) is 8.60. The van der Waals surface area contributed by atoms with Gasteiger partial charge >= 0.3 is 0 Å². The molecule has 0 spiro atoms. The second-order valence-electron chi connectivity index (χ2n) is 6.74. The number of hydrogen-bond donors (Lipinski definition) is 2. The van der Waals surface area contributed by atoms with Crippen LogP contribution in [0.3, 0.4) is 0 Å². The van der Waals surface area contributed by atoms with E-state index in [1.807, 2.05) is 0 Å². The number of amides is 2. The Kier molecular flexibility index (Phi) is 8.52. The van der Waals surface area contributed by atoms with Crippen molar-refractivity contribution in [2.45, 2.75) is 19.4 Å². The molecule has 1 atom stereocenters. The Balaban J connectivity index is 2.32. The van der Waals surface area contributed by atoms with Gasteiger partial charge in [-0.25, -0.2) is 12.8 Å². The van der Waals surface area contributed by atoms with Crippen LogP contribution in [0, 0.1) is 5.82 Å². The van der Waals surface area contributed by atoms with Crippen molar-refractivity contribution in [1.82, 2.24) is 5.32 Å². The average molecular weight is 452 g/mol. The topological polar surface area (TPSA) is 105 Å². The quantitative estimate of drug-likeness (QED) is 0.540. The molecule has 0 heterocycles. The summed E-state index contributed by atoms with van der Waals surface area (Å²) in [4.78, 5) is 25.5. The molecule has 0 fully saturated rings. The van der Waals surface area contributed by atoms with Gasteiger partial charge in [-0.15, -0.1) is 0 Å². The molecule has 8 nitrogen and oxygen atoms in total. The number of hydrogen-bond acceptors (Lipinski definition) is 5. The zero-order chi connectivity index (χ0) is 23.0. The number of methoxy groups -OCH3 is 1. The van der Waals surface area contributed by atoms with E-state index < -0.39 is 33.7 Å². The Labute approximate surface area is 181 Å². The van der Waals surface area contributed by atoms with E-state index in [2.05, 4.69) is 10.6 Å². The Bertz CT molecular complexity index is 1010. The van der Waals surface area contributed by atoms with Crippen molar-refractivity contribution in [3.63, 3.8) is 0 Å². The summed E-state index contributed by atoms with van der Waals surface area (Å²) < 4.78 is 44.1. The van der Waals surface area contributed by atoms with Crippen molar-refractivity contribution in [3.05, 3.63) is 59.9 Å². The first-order valence-electron chi connectivity index (χ1n) is 9.61. The molecule has 168 valence electrons. The largest absolute Gasteiger partial charge is 0.383 e. The van der Waals surface area contributed by atoms with Gasteiger partial charge in [0.25, 0.3) is 5.91 Å². The molecule has 31 heavy (non-hydrogen) atoms. The number of nitrogens with zero attached hydrogens (tertiary/aromatic N) is 1. The van der Waals surface area contributed by atoms with Gasteiger partial charge in [-0.05, 0) is 42.8 Å². The molecule has 2 amide bonds. The molecule has 10 heteroatoms. The van der Waals surface area contributed by atoms with Crippen molar-refractivity contribution >= 4 is 33.2 Å². The summed E-state index contributed by atoms with van der Waals surface area (Å²) in [6.45, 7) is 2.29. The molecule has 0 aliphatic carbocycles. The van der Waals surface area contributed by atoms with Crippen molar-refractivity contribution < 1.29 is 27.1 Å². The fourth-order valence-electron chi connectivity index (χ4n) is 3.02. The van der Waals surface area contributed by atoms with Crippen molar-refractivity contribution in [2.75, 3.05) is 36.1 Å². The van der Waals surface area contributed by atoms with E-state index in [1.54, 1.807) is 31.2 Å². The van der Waals surface area contributed by atoms with E-state index in [9.17, 15) is 22.4 Å². The van der Waals surface area contributed by atoms with Crippen LogP contribution in [0.2, 0.25) is 0 Å². The SMILES string of the molecule is CCC(C(=O)Nc1ccccc1C(=O)NCCOC)N(c1ccc(F)cc1)S(C)(=O)=O. The van der Waals surface area contributed by atoms with Crippen LogP contribution in [-0.4, -0.2) is 52.8 Å². The predicted octanol–water partition coefficient (Wildman–Crippen LogP) is 2.39. The number of anilines is 2. The second kappa shape index (κ2) is 10.9. The molecule has 1 unspecified atom stereocenters. The zero-order valence-electron chi connectivity index (χ0n) is 17.6. The minimum atomic E-state index is -3.86. The summed E-state index contributed by atoms with van der Waals surface area (Å²) in [7, 11) is -2.35. The molecule has 0 radical (unpaired) electrons. The van der Waals surface area contributed by atoms with Crippen LogP contribution in [0.5, 0.6) is 0 Å². The Morgan fingerprint density at radius 2 is 1.77 bits per heavy atom. The summed E-state index contributed by atoms with van der Waals surface area (Å²) >= 11 is 0. The lowest BCUT2D eigenvalue weighted by Gasteiger charge is -2.30. The number of para-hydroxylation sites is 1. The van der Waals surface area contributed by atoms with Gasteiger partial charge in [-0.3, -0.25) is 13.9 Å². The number of halogens is 1. The highest BCUT2D eigenvalue weighted by Gasteiger charge is 2.32. The van der Waals surface area contributed by atoms with Crippen molar-refractivity contribution in [1.29, 1.82) is 0 Å². The maximum absolute atomic E-state index is 13.3. The summed E-state index contributed by atoms with van der Waals surface area (Å²) in [6.07, 6.45) is 1.13. The molecule has 0 aliphatic heterocycles. The molecular weight excluding hydrogens is 425 g/mol. The predicted molar refractivity (Wildman–Crippen MR) is 117 cm³/mol. The third kappa shape index (κ3) is 6.50. The van der Waals surface area contributed by atoms with Crippen LogP contribution in [0.25, 0.3) is 0 Å². The highest BCUT2D eigenvalue weighted by Crippen LogP contribution is 2.24. The van der Waals surface area contributed by atoms with E-state index in [4.69, 9.17) is 4.74 Å². The van der Waals surface area contributed by atoms with Crippen LogP contribution >= 0.6 is 0 Å². The number of carbonyl (C=O) groups excluding carboxylic acids is 2. The molecule has 2 aromatic carbocycles. The van der Waals surface area contributed by atoms with Crippen molar-refractivity contribution in [2.24, 2.45) is 0 Å². The number of carbonyl (C=O) groups is 2. The lowest BCUT2D eigenvalue weighted by atomic mass is 10.1. The number of nitrogens with one attached hydrogen (secondary N) is 2. The Hall–Kier alpha value is -2.98. The molecule has 2 aromatic rings. The maximum atomic E-state index is 13.3. The standard InChI is InChI=1S/C21H26FN3O5S/c1-4-19(25(31(3,28)29)16-11-9-15(22)10-12-16)21(27)24-18-8-6-5-7-17(18)20(26)23-13-14-30-2/h5-12,19H,4,13-14H2,1-3H3,(H,23,26)(H,24,27). The molecular formula is C21H26FN3O5S. The van der Waals surface area contributed by atoms with Crippen LogP contribution in [0.1, 0.15) is 23.7 Å². The first kappa shape index (κ1) is 24.3. The fraction of sp³-hybridized carbons (Fsp3) is 0.333. The average Bonchev–Trinajstić information content (AvgIpc) is 2.72. The fourth-order valence-corrected chi connectivity index (χ4v) is 4.23. The summed E-state index contributed by atoms with van der Waals surface area (Å²) in [6, 6.07) is 10.1. The third-order valence-corrected chi connectivity index (χ3v) is 5.61. The van der Waals surface area contributed by atoms with Crippen LogP contribution < -0.4 is 14.9 Å². The van der Waals surface area contributed by atoms with E-state index in [-0.39, 0.29) is 23.4 Å². The third-order valence-electron chi connectivity index (χ3n) is 4.43. The van der Waals surface area contributed by atoms with Gasteiger partial charge in [0.1, 0.15) is 11.9 Å². The summed E-state index contributed by atoms with van der Waals surface area (Å²) in [5.41, 5.74) is 0.638. The van der Waals surface area contributed by atoms with Crippen LogP contribution in [0.4, 0.5) is 15.8 Å². The smallest absolute Gasteiger partial charge is 0.253 e. The number of ether oxygens (including phenoxy) is 1. The Morgan fingerprint density at radius 3 is 2.35 bits per heavy atom. The molecule has 0 bridgehead atoms. The number of rotatable bonds is 10. The van der Waals surface area contributed by atoms with Crippen LogP contribution in [-0.2, 0) is 19.6 Å². The van der Waals surface area contributed by atoms with E-state index >= 15 is 0 Å². The first-order valence-corrected chi connectivity index (χ1v) is 11.5. The monoisotopic (exact) mass is 451 g/mol. The highest BCUT2D eigenvalue weighted by molar-refractivity contribution is 7.92. The van der Waals surface area contributed by atoms with Gasteiger partial charge in [0, 0.05) is 13.7 Å². The molecule has 0 aliphatic rings. The normalized spacial score (nSPS) is 12.1. The van der Waals surface area contributed by atoms with E-state index in [0.29, 0.717) is 13.2 Å². The summed E-state index contributed by atoms with van der Waals surface area (Å²) in [5.74, 6) is -1.54. The highest BCUT2D eigenvalue weighted by atomic mass is 32.2. The molecule has 0 saturated heterocycles. The number of benzene rings is 2. The molecule has 2 rings (SSSR count). The van der Waals surface area contributed by atoms with Gasteiger partial charge < -0.3 is 15.4 Å². The van der Waals surface area contributed by atoms with E-state index in [0.717, 1.165) is 22.7 Å². The van der Waals surface area contributed by atoms with Gasteiger partial charge in [0.2, 0.25) is 15.9 Å². The van der Waals surface area contributed by atoms with Crippen LogP contribution in [0.15, 0.2) is 48.5 Å². The Morgan fingerprint density at radius 1 is 1.13 bits per heavy atom. The minimum Gasteiger partial charge on any atom is -0.383 e. The van der Waals surface area contributed by atoms with Gasteiger partial charge in [0.15, 0.2) is 0 Å². The maximum Gasteiger partial charge on any atom is 0.253 e. The van der Waals surface area contributed by atoms with Gasteiger partial charge in [-0.2, -0.15) is 0 Å². The molecule has 0 aromatic heterocycles. The lowest BCUT2D eigenvalue weighted by Crippen LogP contribution is -2.47. The van der Waals surface area contributed by atoms with Crippen molar-refractivity contribution in [3.8, 4) is 0 Å². The minimum absolute atomic E-state index is 0.151. The summed E-state index contributed by atoms with van der Waals surface area (Å²) in [5, 5.41) is 5.33. The van der Waals surface area contributed by atoms with Gasteiger partial charge in [0.05, 0.1) is 29.8 Å². The van der Waals surface area contributed by atoms with E-state index in [1.165, 1.54) is 19.2 Å². The zero-order valence-corrected chi connectivity index (χ0v) is 18.4. The first-order chi connectivity index (χ1) is 14.7. The molecule has 0 saturated carbocycles. The number of sulfonamides is 1. The molecule has 2 N–H and O–H groups in total. The van der Waals surface area contributed by atoms with Gasteiger partial charge in [-0.1, -0.05) is 19.1 Å². The lowest BCUT2D eigenvalue weighted by molar-refractivity contribution is -0.117.